The zero-order valence-corrected chi connectivity index (χ0v) is 14.9. The molecule has 0 aliphatic carbocycles. The zero-order chi connectivity index (χ0) is 18.6. The van der Waals surface area contributed by atoms with Gasteiger partial charge in [-0.1, -0.05) is 25.4 Å². The minimum atomic E-state index is -0.568. The average molecular weight is 364 g/mol. The number of hydrogen-bond acceptors (Lipinski definition) is 5. The van der Waals surface area contributed by atoms with Crippen molar-refractivity contribution in [3.63, 3.8) is 0 Å². The lowest BCUT2D eigenvalue weighted by molar-refractivity contribution is -0.384. The summed E-state index contributed by atoms with van der Waals surface area (Å²) in [6.07, 6.45) is 0. The molecule has 0 bridgehead atoms. The van der Waals surface area contributed by atoms with Crippen LogP contribution < -0.4 is 9.47 Å². The second-order valence-corrected chi connectivity index (χ2v) is 6.21. The molecule has 0 heterocycles. The number of esters is 1. The highest BCUT2D eigenvalue weighted by Crippen LogP contribution is 2.32. The van der Waals surface area contributed by atoms with Gasteiger partial charge in [-0.2, -0.15) is 0 Å². The van der Waals surface area contributed by atoms with Crippen LogP contribution in [0.25, 0.3) is 0 Å². The topological polar surface area (TPSA) is 78.7 Å². The first kappa shape index (κ1) is 18.7. The van der Waals surface area contributed by atoms with Crippen LogP contribution in [0, 0.1) is 17.0 Å². The first-order valence-electron chi connectivity index (χ1n) is 7.66. The van der Waals surface area contributed by atoms with E-state index in [9.17, 15) is 14.9 Å². The summed E-state index contributed by atoms with van der Waals surface area (Å²) in [4.78, 5) is 22.1. The maximum Gasteiger partial charge on any atom is 0.349 e. The maximum absolute atomic E-state index is 12.0. The summed E-state index contributed by atoms with van der Waals surface area (Å²) >= 11 is 6.13. The van der Waals surface area contributed by atoms with E-state index in [1.807, 2.05) is 20.8 Å². The number of carbonyl (C=O) groups is 1. The number of nitro groups is 1. The van der Waals surface area contributed by atoms with Crippen LogP contribution in [-0.4, -0.2) is 17.5 Å². The van der Waals surface area contributed by atoms with E-state index < -0.39 is 10.9 Å². The molecule has 0 unspecified atom stereocenters. The molecular formula is C18H18ClNO5. The molecule has 7 heteroatoms. The standard InChI is InChI=1S/C18H18ClNO5/c1-11(2)15-9-16(19)12(3)8-17(15)25-18(21)10-24-14-6-4-13(5-7-14)20(22)23/h4-9,11H,10H2,1-3H3. The fourth-order valence-electron chi connectivity index (χ4n) is 2.17. The van der Waals surface area contributed by atoms with Crippen molar-refractivity contribution in [1.82, 2.24) is 0 Å². The van der Waals surface area contributed by atoms with Gasteiger partial charge in [-0.3, -0.25) is 10.1 Å². The smallest absolute Gasteiger partial charge is 0.349 e. The van der Waals surface area contributed by atoms with Crippen molar-refractivity contribution < 1.29 is 19.2 Å². The number of benzene rings is 2. The predicted octanol–water partition coefficient (Wildman–Crippen LogP) is 4.66. The summed E-state index contributed by atoms with van der Waals surface area (Å²) in [5.74, 6) is 0.367. The van der Waals surface area contributed by atoms with Crippen LogP contribution in [0.15, 0.2) is 36.4 Å². The van der Waals surface area contributed by atoms with Crippen molar-refractivity contribution in [3.8, 4) is 11.5 Å². The Bertz CT molecular complexity index is 787. The van der Waals surface area contributed by atoms with Gasteiger partial charge in [-0.05, 0) is 48.2 Å². The second kappa shape index (κ2) is 7.98. The first-order chi connectivity index (χ1) is 11.8. The molecule has 2 aromatic carbocycles. The van der Waals surface area contributed by atoms with E-state index >= 15 is 0 Å². The molecule has 6 nitrogen and oxygen atoms in total. The molecule has 25 heavy (non-hydrogen) atoms. The second-order valence-electron chi connectivity index (χ2n) is 5.81. The molecule has 0 saturated heterocycles. The SMILES string of the molecule is Cc1cc(OC(=O)COc2ccc([N+](=O)[O-])cc2)c(C(C)C)cc1Cl. The van der Waals surface area contributed by atoms with Gasteiger partial charge in [0.2, 0.25) is 0 Å². The van der Waals surface area contributed by atoms with Crippen LogP contribution in [0.1, 0.15) is 30.9 Å². The molecule has 0 aromatic heterocycles. The van der Waals surface area contributed by atoms with Crippen LogP contribution >= 0.6 is 11.6 Å². The average Bonchev–Trinajstić information content (AvgIpc) is 2.56. The third kappa shape index (κ3) is 4.93. The Hall–Kier alpha value is -2.60. The summed E-state index contributed by atoms with van der Waals surface area (Å²) in [5.41, 5.74) is 1.59. The molecule has 0 spiro atoms. The zero-order valence-electron chi connectivity index (χ0n) is 14.1. The van der Waals surface area contributed by atoms with Crippen molar-refractivity contribution in [3.05, 3.63) is 62.7 Å². The molecule has 0 amide bonds. The normalized spacial score (nSPS) is 10.6. The third-order valence-electron chi connectivity index (χ3n) is 3.54. The predicted molar refractivity (Wildman–Crippen MR) is 94.5 cm³/mol. The van der Waals surface area contributed by atoms with E-state index in [0.717, 1.165) is 11.1 Å². The Morgan fingerprint density at radius 1 is 1.24 bits per heavy atom. The number of nitrogens with zero attached hydrogens (tertiary/aromatic N) is 1. The summed E-state index contributed by atoms with van der Waals surface area (Å²) < 4.78 is 10.7. The van der Waals surface area contributed by atoms with Crippen LogP contribution in [0.2, 0.25) is 5.02 Å². The van der Waals surface area contributed by atoms with E-state index in [2.05, 4.69) is 0 Å². The van der Waals surface area contributed by atoms with Crippen molar-refractivity contribution in [1.29, 1.82) is 0 Å². The molecule has 0 saturated carbocycles. The minimum absolute atomic E-state index is 0.0480. The van der Waals surface area contributed by atoms with Gasteiger partial charge in [0.05, 0.1) is 4.92 Å². The molecule has 0 fully saturated rings. The van der Waals surface area contributed by atoms with Crippen molar-refractivity contribution in [2.24, 2.45) is 0 Å². The summed E-state index contributed by atoms with van der Waals surface area (Å²) in [6, 6.07) is 8.98. The quantitative estimate of drug-likeness (QED) is 0.322. The Balaban J connectivity index is 2.03. The Morgan fingerprint density at radius 3 is 2.44 bits per heavy atom. The highest BCUT2D eigenvalue weighted by atomic mass is 35.5. The minimum Gasteiger partial charge on any atom is -0.482 e. The van der Waals surface area contributed by atoms with Crippen LogP contribution in [0.4, 0.5) is 5.69 Å². The molecule has 0 N–H and O–H groups in total. The fraction of sp³-hybridized carbons (Fsp3) is 0.278. The monoisotopic (exact) mass is 363 g/mol. The van der Waals surface area contributed by atoms with Crippen molar-refractivity contribution in [2.75, 3.05) is 6.61 Å². The maximum atomic E-state index is 12.0. The molecular weight excluding hydrogens is 346 g/mol. The van der Waals surface area contributed by atoms with Crippen LogP contribution in [0.5, 0.6) is 11.5 Å². The number of non-ortho nitro benzene ring substituents is 1. The van der Waals surface area contributed by atoms with E-state index in [1.165, 1.54) is 24.3 Å². The van der Waals surface area contributed by atoms with Crippen molar-refractivity contribution in [2.45, 2.75) is 26.7 Å². The molecule has 0 radical (unpaired) electrons. The van der Waals surface area contributed by atoms with Gasteiger partial charge in [0, 0.05) is 17.2 Å². The number of rotatable bonds is 6. The number of carbonyl (C=O) groups excluding carboxylic acids is 1. The highest BCUT2D eigenvalue weighted by molar-refractivity contribution is 6.31. The number of hydrogen-bond donors (Lipinski definition) is 0. The molecule has 0 aliphatic rings. The highest BCUT2D eigenvalue weighted by Gasteiger charge is 2.15. The number of halogens is 1. The molecule has 2 rings (SSSR count). The Kier molecular flexibility index (Phi) is 5.98. The lowest BCUT2D eigenvalue weighted by atomic mass is 10.0. The largest absolute Gasteiger partial charge is 0.482 e. The van der Waals surface area contributed by atoms with Gasteiger partial charge < -0.3 is 9.47 Å². The summed E-state index contributed by atoms with van der Waals surface area (Å²) in [5, 5.41) is 11.2. The van der Waals surface area contributed by atoms with E-state index in [-0.39, 0.29) is 18.2 Å². The first-order valence-corrected chi connectivity index (χ1v) is 8.03. The lowest BCUT2D eigenvalue weighted by Crippen LogP contribution is -2.18. The van der Waals surface area contributed by atoms with Crippen LogP contribution in [-0.2, 0) is 4.79 Å². The summed E-state index contributed by atoms with van der Waals surface area (Å²) in [7, 11) is 0. The van der Waals surface area contributed by atoms with Gasteiger partial charge in [-0.15, -0.1) is 0 Å². The van der Waals surface area contributed by atoms with Gasteiger partial charge in [0.25, 0.3) is 5.69 Å². The Morgan fingerprint density at radius 2 is 1.88 bits per heavy atom. The Labute approximate surface area is 150 Å². The van der Waals surface area contributed by atoms with Crippen LogP contribution in [0.3, 0.4) is 0 Å². The van der Waals surface area contributed by atoms with Crippen molar-refractivity contribution >= 4 is 23.3 Å². The van der Waals surface area contributed by atoms with E-state index in [1.54, 1.807) is 12.1 Å². The third-order valence-corrected chi connectivity index (χ3v) is 3.95. The van der Waals surface area contributed by atoms with E-state index in [0.29, 0.717) is 16.5 Å². The number of aryl methyl sites for hydroxylation is 1. The number of nitro benzene ring substituents is 1. The molecule has 132 valence electrons. The molecule has 2 aromatic rings. The van der Waals surface area contributed by atoms with Gasteiger partial charge in [0.1, 0.15) is 11.5 Å². The van der Waals surface area contributed by atoms with Gasteiger partial charge >= 0.3 is 5.97 Å². The number of ether oxygens (including phenoxy) is 2. The van der Waals surface area contributed by atoms with E-state index in [4.69, 9.17) is 21.1 Å². The lowest BCUT2D eigenvalue weighted by Gasteiger charge is -2.15. The van der Waals surface area contributed by atoms with Gasteiger partial charge in [0.15, 0.2) is 6.61 Å². The molecule has 0 aliphatic heterocycles. The molecule has 0 atom stereocenters. The fourth-order valence-corrected chi connectivity index (χ4v) is 2.34. The summed E-state index contributed by atoms with van der Waals surface area (Å²) in [6.45, 7) is 5.48. The van der Waals surface area contributed by atoms with Gasteiger partial charge in [-0.25, -0.2) is 4.79 Å².